The van der Waals surface area contributed by atoms with Crippen LogP contribution in [0.3, 0.4) is 0 Å². The summed E-state index contributed by atoms with van der Waals surface area (Å²) < 4.78 is 18.7. The van der Waals surface area contributed by atoms with Gasteiger partial charge in [-0.3, -0.25) is 4.79 Å². The molecular formula is C16H16FNO2S. The van der Waals surface area contributed by atoms with Gasteiger partial charge in [0.2, 0.25) is 5.91 Å². The molecule has 21 heavy (non-hydrogen) atoms. The Morgan fingerprint density at radius 2 is 2.00 bits per heavy atom. The zero-order valence-electron chi connectivity index (χ0n) is 11.8. The number of amides is 1. The molecule has 2 aromatic carbocycles. The van der Waals surface area contributed by atoms with Gasteiger partial charge in [-0.05, 0) is 31.2 Å². The van der Waals surface area contributed by atoms with E-state index in [0.717, 1.165) is 0 Å². The van der Waals surface area contributed by atoms with Crippen molar-refractivity contribution in [3.8, 4) is 5.75 Å². The van der Waals surface area contributed by atoms with Gasteiger partial charge in [0, 0.05) is 16.6 Å². The lowest BCUT2D eigenvalue weighted by Gasteiger charge is -2.13. The van der Waals surface area contributed by atoms with Gasteiger partial charge in [-0.2, -0.15) is 0 Å². The average molecular weight is 305 g/mol. The largest absolute Gasteiger partial charge is 0.497 e. The number of methoxy groups -OCH3 is 1. The summed E-state index contributed by atoms with van der Waals surface area (Å²) in [4.78, 5) is 12.6. The number of carbonyl (C=O) groups is 1. The predicted molar refractivity (Wildman–Crippen MR) is 83.3 cm³/mol. The first-order valence-electron chi connectivity index (χ1n) is 6.46. The highest BCUT2D eigenvalue weighted by Gasteiger charge is 2.16. The van der Waals surface area contributed by atoms with E-state index >= 15 is 0 Å². The molecule has 0 aliphatic carbocycles. The maximum atomic E-state index is 13.6. The number of anilines is 1. The number of hydrogen-bond acceptors (Lipinski definition) is 3. The van der Waals surface area contributed by atoms with Crippen LogP contribution in [0.25, 0.3) is 0 Å². The molecule has 0 unspecified atom stereocenters. The molecule has 2 aromatic rings. The molecule has 0 spiro atoms. The van der Waals surface area contributed by atoms with Gasteiger partial charge < -0.3 is 10.1 Å². The van der Waals surface area contributed by atoms with Crippen LogP contribution < -0.4 is 10.1 Å². The summed E-state index contributed by atoms with van der Waals surface area (Å²) in [6, 6.07) is 13.5. The van der Waals surface area contributed by atoms with Crippen molar-refractivity contribution in [2.24, 2.45) is 0 Å². The number of halogens is 1. The van der Waals surface area contributed by atoms with Crippen LogP contribution in [0.15, 0.2) is 53.4 Å². The summed E-state index contributed by atoms with van der Waals surface area (Å²) in [6.45, 7) is 1.74. The van der Waals surface area contributed by atoms with E-state index in [1.165, 1.54) is 17.8 Å². The summed E-state index contributed by atoms with van der Waals surface area (Å²) in [5, 5.41) is 2.38. The molecule has 0 bridgehead atoms. The highest BCUT2D eigenvalue weighted by atomic mass is 32.2. The standard InChI is InChI=1S/C16H16FNO2S/c1-11(21-15-9-4-3-8-14(15)17)16(19)18-12-6-5-7-13(10-12)20-2/h3-11H,1-2H3,(H,18,19)/t11-/m0/s1. The second kappa shape index (κ2) is 7.13. The SMILES string of the molecule is COc1cccc(NC(=O)[C@H](C)Sc2ccccc2F)c1. The number of rotatable bonds is 5. The number of ether oxygens (including phenoxy) is 1. The zero-order chi connectivity index (χ0) is 15.2. The molecule has 110 valence electrons. The van der Waals surface area contributed by atoms with E-state index in [0.29, 0.717) is 16.3 Å². The van der Waals surface area contributed by atoms with E-state index < -0.39 is 5.25 Å². The summed E-state index contributed by atoms with van der Waals surface area (Å²) in [6.07, 6.45) is 0. The van der Waals surface area contributed by atoms with Gasteiger partial charge in [0.25, 0.3) is 0 Å². The van der Waals surface area contributed by atoms with Crippen LogP contribution in [0, 0.1) is 5.82 Å². The summed E-state index contributed by atoms with van der Waals surface area (Å²) in [7, 11) is 1.57. The first-order chi connectivity index (χ1) is 10.1. The van der Waals surface area contributed by atoms with Gasteiger partial charge in [-0.15, -0.1) is 11.8 Å². The molecule has 0 fully saturated rings. The lowest BCUT2D eigenvalue weighted by atomic mass is 10.3. The minimum Gasteiger partial charge on any atom is -0.497 e. The number of carbonyl (C=O) groups excluding carboxylic acids is 1. The van der Waals surface area contributed by atoms with E-state index in [1.54, 1.807) is 56.5 Å². The van der Waals surface area contributed by atoms with Gasteiger partial charge in [0.1, 0.15) is 11.6 Å². The second-order valence-electron chi connectivity index (χ2n) is 4.41. The topological polar surface area (TPSA) is 38.3 Å². The van der Waals surface area contributed by atoms with Gasteiger partial charge in [0.15, 0.2) is 0 Å². The fraction of sp³-hybridized carbons (Fsp3) is 0.188. The van der Waals surface area contributed by atoms with E-state index in [2.05, 4.69) is 5.32 Å². The van der Waals surface area contributed by atoms with Crippen molar-refractivity contribution in [1.82, 2.24) is 0 Å². The normalized spacial score (nSPS) is 11.8. The third-order valence-electron chi connectivity index (χ3n) is 2.85. The van der Waals surface area contributed by atoms with Crippen LogP contribution in [0.2, 0.25) is 0 Å². The molecule has 3 nitrogen and oxygen atoms in total. The van der Waals surface area contributed by atoms with Crippen LogP contribution in [-0.2, 0) is 4.79 Å². The predicted octanol–water partition coefficient (Wildman–Crippen LogP) is 3.95. The Labute approximate surface area is 127 Å². The number of hydrogen-bond donors (Lipinski definition) is 1. The molecule has 0 saturated carbocycles. The van der Waals surface area contributed by atoms with Crippen molar-refractivity contribution in [2.45, 2.75) is 17.1 Å². The first-order valence-corrected chi connectivity index (χ1v) is 7.34. The molecule has 5 heteroatoms. The van der Waals surface area contributed by atoms with Gasteiger partial charge >= 0.3 is 0 Å². The van der Waals surface area contributed by atoms with Crippen LogP contribution >= 0.6 is 11.8 Å². The Morgan fingerprint density at radius 1 is 1.24 bits per heavy atom. The molecule has 0 heterocycles. The first kappa shape index (κ1) is 15.4. The second-order valence-corrected chi connectivity index (χ2v) is 5.79. The van der Waals surface area contributed by atoms with Gasteiger partial charge in [-0.1, -0.05) is 18.2 Å². The molecule has 0 aliphatic heterocycles. The quantitative estimate of drug-likeness (QED) is 0.850. The molecule has 0 aliphatic rings. The molecular weight excluding hydrogens is 289 g/mol. The molecule has 1 amide bonds. The fourth-order valence-electron chi connectivity index (χ4n) is 1.73. The molecule has 2 rings (SSSR count). The van der Waals surface area contributed by atoms with Crippen molar-refractivity contribution in [3.05, 3.63) is 54.3 Å². The van der Waals surface area contributed by atoms with Crippen LogP contribution in [-0.4, -0.2) is 18.3 Å². The average Bonchev–Trinajstić information content (AvgIpc) is 2.49. The van der Waals surface area contributed by atoms with Crippen molar-refractivity contribution in [3.63, 3.8) is 0 Å². The molecule has 1 atom stereocenters. The third kappa shape index (κ3) is 4.23. The maximum Gasteiger partial charge on any atom is 0.237 e. The Hall–Kier alpha value is -2.01. The lowest BCUT2D eigenvalue weighted by Crippen LogP contribution is -2.22. The monoisotopic (exact) mass is 305 g/mol. The molecule has 0 radical (unpaired) electrons. The van der Waals surface area contributed by atoms with Gasteiger partial charge in [0.05, 0.1) is 12.4 Å². The van der Waals surface area contributed by atoms with E-state index in [-0.39, 0.29) is 11.7 Å². The Balaban J connectivity index is 2.01. The van der Waals surface area contributed by atoms with Crippen LogP contribution in [0.4, 0.5) is 10.1 Å². The van der Waals surface area contributed by atoms with E-state index in [1.807, 2.05) is 0 Å². The van der Waals surface area contributed by atoms with E-state index in [9.17, 15) is 9.18 Å². The fourth-order valence-corrected chi connectivity index (χ4v) is 2.61. The minimum atomic E-state index is -0.409. The summed E-state index contributed by atoms with van der Waals surface area (Å²) >= 11 is 1.19. The van der Waals surface area contributed by atoms with E-state index in [4.69, 9.17) is 4.74 Å². The van der Waals surface area contributed by atoms with Crippen molar-refractivity contribution >= 4 is 23.4 Å². The van der Waals surface area contributed by atoms with Crippen molar-refractivity contribution in [2.75, 3.05) is 12.4 Å². The Morgan fingerprint density at radius 3 is 2.71 bits per heavy atom. The molecule has 1 N–H and O–H groups in total. The minimum absolute atomic E-state index is 0.184. The Kier molecular flexibility index (Phi) is 5.22. The third-order valence-corrected chi connectivity index (χ3v) is 4.00. The maximum absolute atomic E-state index is 13.6. The smallest absolute Gasteiger partial charge is 0.237 e. The zero-order valence-corrected chi connectivity index (χ0v) is 12.6. The number of thioether (sulfide) groups is 1. The lowest BCUT2D eigenvalue weighted by molar-refractivity contribution is -0.115. The number of nitrogens with one attached hydrogen (secondary N) is 1. The van der Waals surface area contributed by atoms with Crippen LogP contribution in [0.5, 0.6) is 5.75 Å². The number of benzene rings is 2. The summed E-state index contributed by atoms with van der Waals surface area (Å²) in [5.41, 5.74) is 0.653. The highest BCUT2D eigenvalue weighted by molar-refractivity contribution is 8.00. The van der Waals surface area contributed by atoms with Gasteiger partial charge in [-0.25, -0.2) is 4.39 Å². The highest BCUT2D eigenvalue weighted by Crippen LogP contribution is 2.27. The molecule has 0 saturated heterocycles. The van der Waals surface area contributed by atoms with Crippen molar-refractivity contribution in [1.29, 1.82) is 0 Å². The van der Waals surface area contributed by atoms with Crippen molar-refractivity contribution < 1.29 is 13.9 Å². The molecule has 0 aromatic heterocycles. The summed E-state index contributed by atoms with van der Waals surface area (Å²) in [5.74, 6) is 0.169. The van der Waals surface area contributed by atoms with Crippen LogP contribution in [0.1, 0.15) is 6.92 Å². The Bertz CT molecular complexity index is 633.